The van der Waals surface area contributed by atoms with Gasteiger partial charge in [0, 0.05) is 18.2 Å². The van der Waals surface area contributed by atoms with Crippen molar-refractivity contribution in [3.8, 4) is 5.75 Å². The van der Waals surface area contributed by atoms with Gasteiger partial charge in [0.15, 0.2) is 0 Å². The third-order valence-corrected chi connectivity index (χ3v) is 3.62. The molecule has 118 valence electrons. The average molecular weight is 294 g/mol. The fourth-order valence-corrected chi connectivity index (χ4v) is 1.88. The van der Waals surface area contributed by atoms with Crippen molar-refractivity contribution in [1.82, 2.24) is 10.6 Å². The SMILES string of the molecule is CCC(C)C(C)NC(=O)NCc1ccccc1OCCO. The minimum absolute atomic E-state index is 0.0331. The van der Waals surface area contributed by atoms with Crippen LogP contribution in [0.15, 0.2) is 24.3 Å². The Morgan fingerprint density at radius 3 is 2.71 bits per heavy atom. The molecule has 5 heteroatoms. The van der Waals surface area contributed by atoms with Gasteiger partial charge in [0.25, 0.3) is 0 Å². The van der Waals surface area contributed by atoms with E-state index in [4.69, 9.17) is 9.84 Å². The Hall–Kier alpha value is -1.75. The molecule has 2 amide bonds. The van der Waals surface area contributed by atoms with E-state index in [0.717, 1.165) is 12.0 Å². The summed E-state index contributed by atoms with van der Waals surface area (Å²) in [5.74, 6) is 1.12. The Morgan fingerprint density at radius 2 is 2.05 bits per heavy atom. The summed E-state index contributed by atoms with van der Waals surface area (Å²) in [5.41, 5.74) is 0.886. The molecule has 0 aromatic heterocycles. The van der Waals surface area contributed by atoms with E-state index in [1.54, 1.807) is 0 Å². The van der Waals surface area contributed by atoms with E-state index in [9.17, 15) is 4.79 Å². The number of carbonyl (C=O) groups is 1. The van der Waals surface area contributed by atoms with Crippen LogP contribution in [0.1, 0.15) is 32.8 Å². The van der Waals surface area contributed by atoms with Crippen molar-refractivity contribution >= 4 is 6.03 Å². The van der Waals surface area contributed by atoms with Crippen molar-refractivity contribution in [2.75, 3.05) is 13.2 Å². The summed E-state index contributed by atoms with van der Waals surface area (Å²) in [7, 11) is 0. The molecule has 1 aromatic rings. The molecule has 3 N–H and O–H groups in total. The molecule has 5 nitrogen and oxygen atoms in total. The number of para-hydroxylation sites is 1. The van der Waals surface area contributed by atoms with E-state index in [1.165, 1.54) is 0 Å². The fourth-order valence-electron chi connectivity index (χ4n) is 1.88. The number of aliphatic hydroxyl groups excluding tert-OH is 1. The number of amides is 2. The van der Waals surface area contributed by atoms with Crippen LogP contribution in [0.5, 0.6) is 5.75 Å². The highest BCUT2D eigenvalue weighted by Crippen LogP contribution is 2.17. The van der Waals surface area contributed by atoms with Gasteiger partial charge in [-0.1, -0.05) is 38.5 Å². The molecule has 21 heavy (non-hydrogen) atoms. The average Bonchev–Trinajstić information content (AvgIpc) is 2.50. The third kappa shape index (κ3) is 6.04. The van der Waals surface area contributed by atoms with Crippen molar-refractivity contribution in [3.05, 3.63) is 29.8 Å². The molecule has 1 aromatic carbocycles. The highest BCUT2D eigenvalue weighted by atomic mass is 16.5. The molecular weight excluding hydrogens is 268 g/mol. The van der Waals surface area contributed by atoms with Crippen LogP contribution in [0.2, 0.25) is 0 Å². The van der Waals surface area contributed by atoms with Crippen LogP contribution in [-0.2, 0) is 6.54 Å². The number of nitrogens with one attached hydrogen (secondary N) is 2. The van der Waals surface area contributed by atoms with E-state index in [-0.39, 0.29) is 25.3 Å². The number of benzene rings is 1. The van der Waals surface area contributed by atoms with E-state index in [2.05, 4.69) is 24.5 Å². The summed E-state index contributed by atoms with van der Waals surface area (Å²) in [6, 6.07) is 7.43. The molecule has 0 fully saturated rings. The first-order chi connectivity index (χ1) is 10.1. The van der Waals surface area contributed by atoms with Gasteiger partial charge < -0.3 is 20.5 Å². The maximum atomic E-state index is 11.9. The lowest BCUT2D eigenvalue weighted by Crippen LogP contribution is -2.43. The maximum Gasteiger partial charge on any atom is 0.315 e. The summed E-state index contributed by atoms with van der Waals surface area (Å²) >= 11 is 0. The molecule has 0 bridgehead atoms. The smallest absolute Gasteiger partial charge is 0.315 e. The lowest BCUT2D eigenvalue weighted by molar-refractivity contribution is 0.200. The lowest BCUT2D eigenvalue weighted by Gasteiger charge is -2.20. The van der Waals surface area contributed by atoms with Gasteiger partial charge in [0.05, 0.1) is 6.61 Å². The Morgan fingerprint density at radius 1 is 1.33 bits per heavy atom. The van der Waals surface area contributed by atoms with Crippen molar-refractivity contribution in [1.29, 1.82) is 0 Å². The minimum Gasteiger partial charge on any atom is -0.491 e. The molecule has 0 aliphatic heterocycles. The highest BCUT2D eigenvalue weighted by molar-refractivity contribution is 5.74. The molecule has 1 rings (SSSR count). The number of aliphatic hydroxyl groups is 1. The van der Waals surface area contributed by atoms with Gasteiger partial charge in [-0.25, -0.2) is 4.79 Å². The van der Waals surface area contributed by atoms with Crippen molar-refractivity contribution < 1.29 is 14.6 Å². The molecule has 0 saturated carbocycles. The topological polar surface area (TPSA) is 70.6 Å². The largest absolute Gasteiger partial charge is 0.491 e. The second-order valence-corrected chi connectivity index (χ2v) is 5.18. The van der Waals surface area contributed by atoms with Crippen LogP contribution in [0, 0.1) is 5.92 Å². The third-order valence-electron chi connectivity index (χ3n) is 3.62. The molecule has 2 atom stereocenters. The summed E-state index contributed by atoms with van der Waals surface area (Å²) < 4.78 is 5.43. The fraction of sp³-hybridized carbons (Fsp3) is 0.562. The first-order valence-corrected chi connectivity index (χ1v) is 7.44. The number of hydrogen-bond donors (Lipinski definition) is 3. The van der Waals surface area contributed by atoms with Gasteiger partial charge in [0.1, 0.15) is 12.4 Å². The first-order valence-electron chi connectivity index (χ1n) is 7.44. The number of hydrogen-bond acceptors (Lipinski definition) is 3. The molecule has 0 heterocycles. The molecule has 2 unspecified atom stereocenters. The Labute approximate surface area is 126 Å². The zero-order valence-electron chi connectivity index (χ0n) is 13.1. The van der Waals surface area contributed by atoms with Crippen molar-refractivity contribution in [2.45, 2.75) is 39.8 Å². The molecule has 0 spiro atoms. The van der Waals surface area contributed by atoms with E-state index in [1.807, 2.05) is 31.2 Å². The lowest BCUT2D eigenvalue weighted by atomic mass is 10.0. The second kappa shape index (κ2) is 9.23. The summed E-state index contributed by atoms with van der Waals surface area (Å²) in [4.78, 5) is 11.9. The van der Waals surface area contributed by atoms with Crippen LogP contribution in [0.25, 0.3) is 0 Å². The van der Waals surface area contributed by atoms with Gasteiger partial charge in [0.2, 0.25) is 0 Å². The number of rotatable bonds is 8. The zero-order chi connectivity index (χ0) is 15.7. The molecule has 0 aliphatic carbocycles. The quantitative estimate of drug-likeness (QED) is 0.689. The monoisotopic (exact) mass is 294 g/mol. The predicted molar refractivity (Wildman–Crippen MR) is 83.3 cm³/mol. The Kier molecular flexibility index (Phi) is 7.61. The zero-order valence-corrected chi connectivity index (χ0v) is 13.1. The van der Waals surface area contributed by atoms with Crippen LogP contribution < -0.4 is 15.4 Å². The van der Waals surface area contributed by atoms with E-state index >= 15 is 0 Å². The van der Waals surface area contributed by atoms with Gasteiger partial charge in [-0.3, -0.25) is 0 Å². The van der Waals surface area contributed by atoms with Gasteiger partial charge in [-0.15, -0.1) is 0 Å². The Balaban J connectivity index is 2.49. The maximum absolute atomic E-state index is 11.9. The van der Waals surface area contributed by atoms with Crippen LogP contribution >= 0.6 is 0 Å². The van der Waals surface area contributed by atoms with Crippen LogP contribution in [0.3, 0.4) is 0 Å². The van der Waals surface area contributed by atoms with Gasteiger partial charge in [-0.2, -0.15) is 0 Å². The molecule has 0 saturated heterocycles. The van der Waals surface area contributed by atoms with Gasteiger partial charge in [-0.05, 0) is 18.9 Å². The Bertz CT molecular complexity index is 437. The van der Waals surface area contributed by atoms with E-state index in [0.29, 0.717) is 18.2 Å². The molecule has 0 aliphatic rings. The van der Waals surface area contributed by atoms with E-state index < -0.39 is 0 Å². The van der Waals surface area contributed by atoms with Crippen molar-refractivity contribution in [3.63, 3.8) is 0 Å². The molecule has 0 radical (unpaired) electrons. The summed E-state index contributed by atoms with van der Waals surface area (Å²) in [5, 5.41) is 14.6. The summed E-state index contributed by atoms with van der Waals surface area (Å²) in [6.45, 7) is 6.83. The van der Waals surface area contributed by atoms with Crippen LogP contribution in [0.4, 0.5) is 4.79 Å². The normalized spacial score (nSPS) is 13.3. The van der Waals surface area contributed by atoms with Crippen molar-refractivity contribution in [2.24, 2.45) is 5.92 Å². The predicted octanol–water partition coefficient (Wildman–Crippen LogP) is 2.29. The van der Waals surface area contributed by atoms with Crippen LogP contribution in [-0.4, -0.2) is 30.4 Å². The minimum atomic E-state index is -0.181. The standard InChI is InChI=1S/C16H26N2O3/c1-4-12(2)13(3)18-16(20)17-11-14-7-5-6-8-15(14)21-10-9-19/h5-8,12-13,19H,4,9-11H2,1-3H3,(H2,17,18,20). The summed E-state index contributed by atoms with van der Waals surface area (Å²) in [6.07, 6.45) is 1.03. The molecular formula is C16H26N2O3. The number of carbonyl (C=O) groups excluding carboxylic acids is 1. The second-order valence-electron chi connectivity index (χ2n) is 5.18. The first kappa shape index (κ1) is 17.3. The van der Waals surface area contributed by atoms with Gasteiger partial charge >= 0.3 is 6.03 Å². The highest BCUT2D eigenvalue weighted by Gasteiger charge is 2.13. The number of urea groups is 1. The number of ether oxygens (including phenoxy) is 1.